The molecule has 20 heavy (non-hydrogen) atoms. The molecule has 2 heterocycles. The highest BCUT2D eigenvalue weighted by Gasteiger charge is 2.44. The van der Waals surface area contributed by atoms with Gasteiger partial charge in [-0.25, -0.2) is 0 Å². The van der Waals surface area contributed by atoms with E-state index in [2.05, 4.69) is 22.4 Å². The number of likely N-dealkylation sites (tertiary alicyclic amines) is 1. The third kappa shape index (κ3) is 2.11. The van der Waals surface area contributed by atoms with Gasteiger partial charge in [-0.2, -0.15) is 0 Å². The van der Waals surface area contributed by atoms with Crippen LogP contribution in [0.3, 0.4) is 0 Å². The minimum atomic E-state index is 0.302. The van der Waals surface area contributed by atoms with Gasteiger partial charge in [0.2, 0.25) is 5.91 Å². The maximum Gasteiger partial charge on any atom is 0.226 e. The summed E-state index contributed by atoms with van der Waals surface area (Å²) in [4.78, 5) is 15.1. The number of amides is 1. The summed E-state index contributed by atoms with van der Waals surface area (Å²) in [6.45, 7) is 4.29. The predicted octanol–water partition coefficient (Wildman–Crippen LogP) is 2.19. The second-order valence-corrected chi connectivity index (χ2v) is 7.53. The first-order valence-electron chi connectivity index (χ1n) is 8.44. The summed E-state index contributed by atoms with van der Waals surface area (Å²) in [5.41, 5.74) is 0.389. The van der Waals surface area contributed by atoms with Gasteiger partial charge in [0.05, 0.1) is 0 Å². The molecule has 1 amide bonds. The van der Waals surface area contributed by atoms with Gasteiger partial charge in [0, 0.05) is 31.0 Å². The summed E-state index contributed by atoms with van der Waals surface area (Å²) >= 11 is 0. The van der Waals surface area contributed by atoms with Crippen molar-refractivity contribution in [2.24, 2.45) is 23.2 Å². The molecule has 0 aromatic heterocycles. The molecule has 4 atom stereocenters. The van der Waals surface area contributed by atoms with Gasteiger partial charge in [0.25, 0.3) is 0 Å². The predicted molar refractivity (Wildman–Crippen MR) is 79.2 cm³/mol. The van der Waals surface area contributed by atoms with Crippen LogP contribution >= 0.6 is 0 Å². The Morgan fingerprint density at radius 3 is 2.80 bits per heavy atom. The van der Waals surface area contributed by atoms with Crippen molar-refractivity contribution in [3.05, 3.63) is 12.2 Å². The molecule has 2 saturated heterocycles. The lowest BCUT2D eigenvalue weighted by molar-refractivity contribution is -0.140. The molecule has 0 radical (unpaired) electrons. The Hall–Kier alpha value is -0.830. The number of hydrogen-bond acceptors (Lipinski definition) is 2. The molecule has 3 nitrogen and oxygen atoms in total. The number of nitrogens with one attached hydrogen (secondary N) is 1. The zero-order chi connectivity index (χ0) is 13.6. The molecule has 0 aromatic carbocycles. The Balaban J connectivity index is 1.45. The van der Waals surface area contributed by atoms with E-state index >= 15 is 0 Å². The first-order valence-corrected chi connectivity index (χ1v) is 8.44. The maximum absolute atomic E-state index is 12.9. The van der Waals surface area contributed by atoms with Gasteiger partial charge in [0.1, 0.15) is 0 Å². The number of allylic oxidation sites excluding steroid dienone is 2. The van der Waals surface area contributed by atoms with Crippen LogP contribution in [0.2, 0.25) is 0 Å². The lowest BCUT2D eigenvalue weighted by Gasteiger charge is -2.46. The van der Waals surface area contributed by atoms with Gasteiger partial charge in [-0.15, -0.1) is 0 Å². The summed E-state index contributed by atoms with van der Waals surface area (Å²) in [5, 5.41) is 3.55. The largest absolute Gasteiger partial charge is 0.342 e. The highest BCUT2D eigenvalue weighted by Crippen LogP contribution is 2.45. The number of piperidine rings is 2. The van der Waals surface area contributed by atoms with Crippen molar-refractivity contribution in [1.82, 2.24) is 10.2 Å². The topological polar surface area (TPSA) is 32.3 Å². The molecule has 2 aliphatic carbocycles. The van der Waals surface area contributed by atoms with Crippen molar-refractivity contribution in [3.8, 4) is 0 Å². The van der Waals surface area contributed by atoms with Gasteiger partial charge in [-0.3, -0.25) is 4.79 Å². The van der Waals surface area contributed by atoms with Crippen molar-refractivity contribution in [2.75, 3.05) is 26.2 Å². The molecule has 4 unspecified atom stereocenters. The second kappa shape index (κ2) is 4.87. The fourth-order valence-corrected chi connectivity index (χ4v) is 5.07. The Labute approximate surface area is 121 Å². The summed E-state index contributed by atoms with van der Waals surface area (Å²) < 4.78 is 0. The van der Waals surface area contributed by atoms with Crippen molar-refractivity contribution < 1.29 is 4.79 Å². The Morgan fingerprint density at radius 2 is 2.10 bits per heavy atom. The number of hydrogen-bond donors (Lipinski definition) is 1. The first kappa shape index (κ1) is 12.9. The molecule has 4 rings (SSSR count). The van der Waals surface area contributed by atoms with E-state index in [9.17, 15) is 4.79 Å². The minimum Gasteiger partial charge on any atom is -0.342 e. The summed E-state index contributed by atoms with van der Waals surface area (Å²) in [5.74, 6) is 2.02. The Bertz CT molecular complexity index is 419. The van der Waals surface area contributed by atoms with Crippen LogP contribution in [0.4, 0.5) is 0 Å². The molecule has 2 bridgehead atoms. The fourth-order valence-electron chi connectivity index (χ4n) is 5.07. The standard InChI is InChI=1S/C17H26N2O/c20-16(15-10-13-3-4-14(15)9-13)19-8-2-6-17(12-19)5-1-7-18-11-17/h3-4,13-15,18H,1-2,5-12H2. The van der Waals surface area contributed by atoms with Crippen molar-refractivity contribution >= 4 is 5.91 Å². The first-order chi connectivity index (χ1) is 9.76. The third-order valence-corrected chi connectivity index (χ3v) is 6.13. The molecule has 1 spiro atoms. The second-order valence-electron chi connectivity index (χ2n) is 7.53. The van der Waals surface area contributed by atoms with Crippen LogP contribution in [0.5, 0.6) is 0 Å². The van der Waals surface area contributed by atoms with Crippen LogP contribution in [0, 0.1) is 23.2 Å². The lowest BCUT2D eigenvalue weighted by atomic mass is 9.74. The highest BCUT2D eigenvalue weighted by molar-refractivity contribution is 5.80. The highest BCUT2D eigenvalue weighted by atomic mass is 16.2. The monoisotopic (exact) mass is 274 g/mol. The summed E-state index contributed by atoms with van der Waals surface area (Å²) in [6, 6.07) is 0. The van der Waals surface area contributed by atoms with Crippen LogP contribution in [0.1, 0.15) is 38.5 Å². The molecule has 1 N–H and O–H groups in total. The number of rotatable bonds is 1. The number of carbonyl (C=O) groups is 1. The smallest absolute Gasteiger partial charge is 0.226 e. The van der Waals surface area contributed by atoms with Crippen molar-refractivity contribution in [2.45, 2.75) is 38.5 Å². The van der Waals surface area contributed by atoms with Gasteiger partial charge in [-0.1, -0.05) is 12.2 Å². The van der Waals surface area contributed by atoms with Crippen molar-refractivity contribution in [1.29, 1.82) is 0 Å². The lowest BCUT2D eigenvalue weighted by Crippen LogP contribution is -2.53. The van der Waals surface area contributed by atoms with E-state index in [1.54, 1.807) is 0 Å². The van der Waals surface area contributed by atoms with Crippen molar-refractivity contribution in [3.63, 3.8) is 0 Å². The summed E-state index contributed by atoms with van der Waals surface area (Å²) in [6.07, 6.45) is 12.1. The average Bonchev–Trinajstić information content (AvgIpc) is 3.10. The van der Waals surface area contributed by atoms with Crippen LogP contribution in [0.15, 0.2) is 12.2 Å². The average molecular weight is 274 g/mol. The van der Waals surface area contributed by atoms with Crippen LogP contribution in [-0.4, -0.2) is 37.0 Å². The molecule has 0 aromatic rings. The quantitative estimate of drug-likeness (QED) is 0.743. The van der Waals surface area contributed by atoms with Gasteiger partial charge in [0.15, 0.2) is 0 Å². The molecular formula is C17H26N2O. The third-order valence-electron chi connectivity index (χ3n) is 6.13. The number of nitrogens with zero attached hydrogens (tertiary/aromatic N) is 1. The van der Waals surface area contributed by atoms with Crippen LogP contribution in [-0.2, 0) is 4.79 Å². The molecule has 110 valence electrons. The molecule has 2 aliphatic heterocycles. The SMILES string of the molecule is O=C(C1CC2C=CC1C2)N1CCCC2(CCCNC2)C1. The Kier molecular flexibility index (Phi) is 3.13. The number of fused-ring (bicyclic) bond motifs is 2. The van der Waals surface area contributed by atoms with E-state index in [-0.39, 0.29) is 0 Å². The zero-order valence-electron chi connectivity index (χ0n) is 12.3. The van der Waals surface area contributed by atoms with Gasteiger partial charge >= 0.3 is 0 Å². The molecule has 4 aliphatic rings. The van der Waals surface area contributed by atoms with Crippen LogP contribution in [0.25, 0.3) is 0 Å². The van der Waals surface area contributed by atoms with Crippen LogP contribution < -0.4 is 5.32 Å². The van der Waals surface area contributed by atoms with Gasteiger partial charge in [-0.05, 0) is 56.9 Å². The molecular weight excluding hydrogens is 248 g/mol. The Morgan fingerprint density at radius 1 is 1.20 bits per heavy atom. The normalized spacial score (nSPS) is 43.4. The van der Waals surface area contributed by atoms with E-state index < -0.39 is 0 Å². The van der Waals surface area contributed by atoms with E-state index in [1.807, 2.05) is 0 Å². The number of carbonyl (C=O) groups excluding carboxylic acids is 1. The van der Waals surface area contributed by atoms with E-state index in [1.165, 1.54) is 32.1 Å². The zero-order valence-corrected chi connectivity index (χ0v) is 12.3. The van der Waals surface area contributed by atoms with E-state index in [0.29, 0.717) is 29.1 Å². The fraction of sp³-hybridized carbons (Fsp3) is 0.824. The summed E-state index contributed by atoms with van der Waals surface area (Å²) in [7, 11) is 0. The minimum absolute atomic E-state index is 0.302. The molecule has 1 saturated carbocycles. The van der Waals surface area contributed by atoms with E-state index in [0.717, 1.165) is 32.6 Å². The molecule has 3 heteroatoms. The molecule has 3 fully saturated rings. The van der Waals surface area contributed by atoms with E-state index in [4.69, 9.17) is 0 Å². The van der Waals surface area contributed by atoms with Gasteiger partial charge < -0.3 is 10.2 Å². The maximum atomic E-state index is 12.9.